The topological polar surface area (TPSA) is 30.5 Å². The molecule has 0 radical (unpaired) electrons. The van der Waals surface area contributed by atoms with Crippen molar-refractivity contribution in [2.24, 2.45) is 0 Å². The van der Waals surface area contributed by atoms with Gasteiger partial charge in [0.15, 0.2) is 6.29 Å². The van der Waals surface area contributed by atoms with Crippen LogP contribution in [0.5, 0.6) is 0 Å². The number of ether oxygens (including phenoxy) is 2. The molecule has 0 aromatic heterocycles. The van der Waals surface area contributed by atoms with Gasteiger partial charge in [-0.1, -0.05) is 0 Å². The molecule has 1 N–H and O–H groups in total. The smallest absolute Gasteiger partial charge is 0.159 e. The first-order valence-electron chi connectivity index (χ1n) is 4.19. The van der Waals surface area contributed by atoms with Crippen LogP contribution >= 0.6 is 11.8 Å². The summed E-state index contributed by atoms with van der Waals surface area (Å²) in [5.74, 6) is 1.19. The molecule has 0 amide bonds. The van der Waals surface area contributed by atoms with E-state index in [0.29, 0.717) is 11.4 Å². The third-order valence-corrected chi connectivity index (χ3v) is 3.37. The molecule has 2 unspecified atom stereocenters. The summed E-state index contributed by atoms with van der Waals surface area (Å²) in [6.07, 6.45) is 0.849. The van der Waals surface area contributed by atoms with Crippen molar-refractivity contribution in [3.05, 3.63) is 0 Å². The number of methoxy groups -OCH3 is 2. The minimum absolute atomic E-state index is 0.0692. The Morgan fingerprint density at radius 3 is 2.58 bits per heavy atom. The predicted molar refractivity (Wildman–Crippen MR) is 51.3 cm³/mol. The van der Waals surface area contributed by atoms with Gasteiger partial charge in [0.05, 0.1) is 5.37 Å². The summed E-state index contributed by atoms with van der Waals surface area (Å²) in [5.41, 5.74) is 0. The molecule has 1 rings (SSSR count). The van der Waals surface area contributed by atoms with Crippen LogP contribution in [-0.4, -0.2) is 37.7 Å². The Labute approximate surface area is 78.2 Å². The van der Waals surface area contributed by atoms with E-state index in [2.05, 4.69) is 12.2 Å². The van der Waals surface area contributed by atoms with Crippen LogP contribution in [0.1, 0.15) is 13.3 Å². The molecule has 2 atom stereocenters. The second-order valence-electron chi connectivity index (χ2n) is 3.03. The molecule has 0 spiro atoms. The summed E-state index contributed by atoms with van der Waals surface area (Å²) >= 11 is 1.94. The van der Waals surface area contributed by atoms with Gasteiger partial charge in [0.25, 0.3) is 0 Å². The average Bonchev–Trinajstić information content (AvgIpc) is 2.47. The quantitative estimate of drug-likeness (QED) is 0.673. The molecule has 1 aliphatic heterocycles. The summed E-state index contributed by atoms with van der Waals surface area (Å²) < 4.78 is 10.2. The van der Waals surface area contributed by atoms with Gasteiger partial charge in [-0.15, -0.1) is 11.8 Å². The third-order valence-electron chi connectivity index (χ3n) is 1.95. The highest BCUT2D eigenvalue weighted by atomic mass is 32.2. The van der Waals surface area contributed by atoms with E-state index in [4.69, 9.17) is 9.47 Å². The number of thioether (sulfide) groups is 1. The van der Waals surface area contributed by atoms with Crippen molar-refractivity contribution in [2.45, 2.75) is 31.1 Å². The van der Waals surface area contributed by atoms with Gasteiger partial charge in [-0.3, -0.25) is 0 Å². The monoisotopic (exact) mass is 191 g/mol. The van der Waals surface area contributed by atoms with Gasteiger partial charge in [-0.2, -0.15) is 0 Å². The summed E-state index contributed by atoms with van der Waals surface area (Å²) in [4.78, 5) is 0. The zero-order valence-corrected chi connectivity index (χ0v) is 8.69. The first-order chi connectivity index (χ1) is 5.76. The minimum atomic E-state index is -0.0692. The molecular formula is C8H17NO2S. The third kappa shape index (κ3) is 2.94. The second kappa shape index (κ2) is 5.07. The highest BCUT2D eigenvalue weighted by Crippen LogP contribution is 2.22. The number of nitrogens with one attached hydrogen (secondary N) is 1. The van der Waals surface area contributed by atoms with Gasteiger partial charge < -0.3 is 14.8 Å². The van der Waals surface area contributed by atoms with Gasteiger partial charge in [-0.05, 0) is 6.92 Å². The molecule has 1 fully saturated rings. The van der Waals surface area contributed by atoms with Gasteiger partial charge in [0, 0.05) is 32.4 Å². The molecule has 0 bridgehead atoms. The normalized spacial score (nSPS) is 30.0. The molecule has 0 saturated carbocycles. The highest BCUT2D eigenvalue weighted by molar-refractivity contribution is 8.00. The molecule has 4 heteroatoms. The van der Waals surface area contributed by atoms with Crippen LogP contribution in [0.15, 0.2) is 0 Å². The standard InChI is InChI=1S/C8H17NO2S/c1-6-5-12-7(9-6)4-8(10-2)11-3/h6-9H,4-5H2,1-3H3. The Balaban J connectivity index is 2.21. The lowest BCUT2D eigenvalue weighted by Crippen LogP contribution is -2.31. The van der Waals surface area contributed by atoms with Gasteiger partial charge in [0.1, 0.15) is 0 Å². The van der Waals surface area contributed by atoms with Crippen LogP contribution in [0.4, 0.5) is 0 Å². The molecule has 0 aliphatic carbocycles. The number of hydrogen-bond donors (Lipinski definition) is 1. The fourth-order valence-electron chi connectivity index (χ4n) is 1.27. The van der Waals surface area contributed by atoms with Crippen molar-refractivity contribution in [1.82, 2.24) is 5.32 Å². The lowest BCUT2D eigenvalue weighted by molar-refractivity contribution is -0.106. The molecular weight excluding hydrogens is 174 g/mol. The lowest BCUT2D eigenvalue weighted by Gasteiger charge is -2.17. The van der Waals surface area contributed by atoms with Crippen LogP contribution < -0.4 is 5.32 Å². The summed E-state index contributed by atoms with van der Waals surface area (Å²) in [6, 6.07) is 0.620. The van der Waals surface area contributed by atoms with Gasteiger partial charge >= 0.3 is 0 Å². The predicted octanol–water partition coefficient (Wildman–Crippen LogP) is 1.05. The van der Waals surface area contributed by atoms with Crippen molar-refractivity contribution < 1.29 is 9.47 Å². The zero-order chi connectivity index (χ0) is 8.97. The fraction of sp³-hybridized carbons (Fsp3) is 1.00. The van der Waals surface area contributed by atoms with Crippen molar-refractivity contribution >= 4 is 11.8 Å². The van der Waals surface area contributed by atoms with Gasteiger partial charge in [-0.25, -0.2) is 0 Å². The van der Waals surface area contributed by atoms with Crippen LogP contribution in [-0.2, 0) is 9.47 Å². The highest BCUT2D eigenvalue weighted by Gasteiger charge is 2.23. The van der Waals surface area contributed by atoms with E-state index in [-0.39, 0.29) is 6.29 Å². The number of rotatable bonds is 4. The van der Waals surface area contributed by atoms with E-state index in [1.165, 1.54) is 5.75 Å². The largest absolute Gasteiger partial charge is 0.356 e. The lowest BCUT2D eigenvalue weighted by atomic mass is 10.3. The molecule has 0 aromatic rings. The molecule has 12 heavy (non-hydrogen) atoms. The van der Waals surface area contributed by atoms with E-state index in [9.17, 15) is 0 Å². The minimum Gasteiger partial charge on any atom is -0.356 e. The fourth-order valence-corrected chi connectivity index (χ4v) is 2.51. The van der Waals surface area contributed by atoms with E-state index in [0.717, 1.165) is 6.42 Å². The molecule has 3 nitrogen and oxygen atoms in total. The molecule has 72 valence electrons. The Morgan fingerprint density at radius 1 is 1.50 bits per heavy atom. The maximum atomic E-state index is 5.12. The maximum absolute atomic E-state index is 5.12. The molecule has 1 heterocycles. The molecule has 1 aliphatic rings. The summed E-state index contributed by atoms with van der Waals surface area (Å²) in [5, 5.41) is 3.95. The average molecular weight is 191 g/mol. The van der Waals surface area contributed by atoms with Crippen LogP contribution in [0, 0.1) is 0 Å². The second-order valence-corrected chi connectivity index (χ2v) is 4.26. The van der Waals surface area contributed by atoms with Crippen molar-refractivity contribution in [3.8, 4) is 0 Å². The summed E-state index contributed by atoms with van der Waals surface area (Å²) in [7, 11) is 3.36. The maximum Gasteiger partial charge on any atom is 0.159 e. The van der Waals surface area contributed by atoms with Gasteiger partial charge in [0.2, 0.25) is 0 Å². The Morgan fingerprint density at radius 2 is 2.17 bits per heavy atom. The van der Waals surface area contributed by atoms with Crippen molar-refractivity contribution in [1.29, 1.82) is 0 Å². The van der Waals surface area contributed by atoms with E-state index in [1.54, 1.807) is 14.2 Å². The van der Waals surface area contributed by atoms with E-state index in [1.807, 2.05) is 11.8 Å². The Kier molecular flexibility index (Phi) is 4.35. The summed E-state index contributed by atoms with van der Waals surface area (Å²) in [6.45, 7) is 2.20. The van der Waals surface area contributed by atoms with E-state index >= 15 is 0 Å². The van der Waals surface area contributed by atoms with Crippen molar-refractivity contribution in [2.75, 3.05) is 20.0 Å². The molecule has 0 aromatic carbocycles. The van der Waals surface area contributed by atoms with E-state index < -0.39 is 0 Å². The first kappa shape index (κ1) is 10.3. The SMILES string of the molecule is COC(CC1NC(C)CS1)OC. The zero-order valence-electron chi connectivity index (χ0n) is 7.87. The molecule has 1 saturated heterocycles. The number of hydrogen-bond acceptors (Lipinski definition) is 4. The van der Waals surface area contributed by atoms with Crippen LogP contribution in [0.2, 0.25) is 0 Å². The van der Waals surface area contributed by atoms with Crippen molar-refractivity contribution in [3.63, 3.8) is 0 Å². The Hall–Kier alpha value is 0.230. The van der Waals surface area contributed by atoms with Crippen LogP contribution in [0.25, 0.3) is 0 Å². The Bertz CT molecular complexity index is 130. The first-order valence-corrected chi connectivity index (χ1v) is 5.24. The van der Waals surface area contributed by atoms with Crippen LogP contribution in [0.3, 0.4) is 0 Å².